The first kappa shape index (κ1) is 12.6. The first-order chi connectivity index (χ1) is 8.74. The van der Waals surface area contributed by atoms with E-state index < -0.39 is 0 Å². The molecule has 0 bridgehead atoms. The third-order valence-electron chi connectivity index (χ3n) is 2.89. The van der Waals surface area contributed by atoms with Crippen LogP contribution in [-0.4, -0.2) is 21.9 Å². The van der Waals surface area contributed by atoms with E-state index in [1.165, 1.54) is 0 Å². The largest absolute Gasteiger partial charge is 0.481 e. The molecule has 0 saturated carbocycles. The lowest BCUT2D eigenvalue weighted by atomic mass is 10.1. The predicted molar refractivity (Wildman–Crippen MR) is 69.3 cm³/mol. The highest BCUT2D eigenvalue weighted by Gasteiger charge is 2.12. The van der Waals surface area contributed by atoms with Crippen molar-refractivity contribution in [1.82, 2.24) is 14.8 Å². The van der Waals surface area contributed by atoms with E-state index >= 15 is 0 Å². The molecule has 2 rings (SSSR count). The monoisotopic (exact) mass is 246 g/mol. The van der Waals surface area contributed by atoms with Crippen molar-refractivity contribution in [2.75, 3.05) is 7.11 Å². The van der Waals surface area contributed by atoms with Gasteiger partial charge in [-0.05, 0) is 25.0 Å². The Morgan fingerprint density at radius 1 is 1.39 bits per heavy atom. The molecule has 2 aromatic heterocycles. The maximum atomic E-state index is 6.20. The van der Waals surface area contributed by atoms with Crippen molar-refractivity contribution in [2.45, 2.75) is 25.9 Å². The van der Waals surface area contributed by atoms with Gasteiger partial charge in [-0.25, -0.2) is 4.98 Å². The molecule has 0 fully saturated rings. The van der Waals surface area contributed by atoms with Crippen LogP contribution in [0.2, 0.25) is 0 Å². The molecule has 96 valence electrons. The Morgan fingerprint density at radius 3 is 2.83 bits per heavy atom. The van der Waals surface area contributed by atoms with Crippen LogP contribution in [0.5, 0.6) is 5.88 Å². The second-order valence-electron chi connectivity index (χ2n) is 4.09. The van der Waals surface area contributed by atoms with Gasteiger partial charge < -0.3 is 10.5 Å². The van der Waals surface area contributed by atoms with E-state index in [1.807, 2.05) is 22.9 Å². The SMILES string of the molecule is CCn1nccc1C(N)Cc1ccc(OC)nc1. The standard InChI is InChI=1S/C13H18N4O/c1-3-17-12(6-7-16-17)11(14)8-10-4-5-13(18-2)15-9-10/h4-7,9,11H,3,8,14H2,1-2H3. The van der Waals surface area contributed by atoms with E-state index in [0.717, 1.165) is 24.2 Å². The van der Waals surface area contributed by atoms with Gasteiger partial charge in [-0.1, -0.05) is 6.07 Å². The molecule has 0 aliphatic rings. The van der Waals surface area contributed by atoms with Crippen molar-refractivity contribution >= 4 is 0 Å². The van der Waals surface area contributed by atoms with Gasteiger partial charge in [0.15, 0.2) is 0 Å². The molecular formula is C13H18N4O. The van der Waals surface area contributed by atoms with Crippen LogP contribution in [0.25, 0.3) is 0 Å². The molecule has 2 N–H and O–H groups in total. The van der Waals surface area contributed by atoms with E-state index in [2.05, 4.69) is 17.0 Å². The molecule has 0 saturated heterocycles. The molecule has 5 heteroatoms. The molecule has 0 amide bonds. The summed E-state index contributed by atoms with van der Waals surface area (Å²) >= 11 is 0. The molecule has 18 heavy (non-hydrogen) atoms. The zero-order chi connectivity index (χ0) is 13.0. The zero-order valence-corrected chi connectivity index (χ0v) is 10.7. The van der Waals surface area contributed by atoms with Gasteiger partial charge >= 0.3 is 0 Å². The molecule has 0 aromatic carbocycles. The van der Waals surface area contributed by atoms with Gasteiger partial charge in [0.2, 0.25) is 5.88 Å². The van der Waals surface area contributed by atoms with Crippen LogP contribution in [0.3, 0.4) is 0 Å². The maximum absolute atomic E-state index is 6.20. The summed E-state index contributed by atoms with van der Waals surface area (Å²) in [6.07, 6.45) is 4.32. The van der Waals surface area contributed by atoms with Crippen molar-refractivity contribution in [3.05, 3.63) is 41.9 Å². The summed E-state index contributed by atoms with van der Waals surface area (Å²) in [7, 11) is 1.60. The van der Waals surface area contributed by atoms with Crippen molar-refractivity contribution in [2.24, 2.45) is 5.73 Å². The quantitative estimate of drug-likeness (QED) is 0.869. The molecule has 1 atom stereocenters. The zero-order valence-electron chi connectivity index (χ0n) is 10.7. The fraction of sp³-hybridized carbons (Fsp3) is 0.385. The summed E-state index contributed by atoms with van der Waals surface area (Å²) in [5.41, 5.74) is 8.34. The molecule has 0 radical (unpaired) electrons. The molecule has 0 aliphatic heterocycles. The number of aryl methyl sites for hydroxylation is 1. The van der Waals surface area contributed by atoms with Gasteiger partial charge in [-0.2, -0.15) is 5.10 Å². The average Bonchev–Trinajstić information content (AvgIpc) is 2.88. The Bertz CT molecular complexity index is 492. The Kier molecular flexibility index (Phi) is 3.94. The van der Waals surface area contributed by atoms with Crippen LogP contribution in [0.4, 0.5) is 0 Å². The highest BCUT2D eigenvalue weighted by molar-refractivity contribution is 5.20. The molecule has 2 heterocycles. The van der Waals surface area contributed by atoms with Crippen molar-refractivity contribution in [3.8, 4) is 5.88 Å². The minimum atomic E-state index is -0.0670. The van der Waals surface area contributed by atoms with Gasteiger partial charge in [-0.15, -0.1) is 0 Å². The number of hydrogen-bond donors (Lipinski definition) is 1. The molecule has 2 aromatic rings. The van der Waals surface area contributed by atoms with Crippen LogP contribution < -0.4 is 10.5 Å². The van der Waals surface area contributed by atoms with Crippen LogP contribution in [0, 0.1) is 0 Å². The summed E-state index contributed by atoms with van der Waals surface area (Å²) in [4.78, 5) is 4.17. The molecule has 0 aliphatic carbocycles. The number of nitrogens with zero attached hydrogens (tertiary/aromatic N) is 3. The summed E-state index contributed by atoms with van der Waals surface area (Å²) in [6.45, 7) is 2.88. The molecule has 0 spiro atoms. The number of pyridine rings is 1. The molecule has 1 unspecified atom stereocenters. The lowest BCUT2D eigenvalue weighted by Gasteiger charge is -2.13. The van der Waals surface area contributed by atoms with Gasteiger partial charge in [0.25, 0.3) is 0 Å². The summed E-state index contributed by atoms with van der Waals surface area (Å²) in [5, 5.41) is 4.23. The topological polar surface area (TPSA) is 66.0 Å². The van der Waals surface area contributed by atoms with E-state index in [1.54, 1.807) is 19.5 Å². The predicted octanol–water partition coefficient (Wildman–Crippen LogP) is 1.55. The average molecular weight is 246 g/mol. The lowest BCUT2D eigenvalue weighted by molar-refractivity contribution is 0.397. The second kappa shape index (κ2) is 5.64. The normalized spacial score (nSPS) is 12.4. The van der Waals surface area contributed by atoms with E-state index in [4.69, 9.17) is 10.5 Å². The Balaban J connectivity index is 2.08. The van der Waals surface area contributed by atoms with Crippen molar-refractivity contribution < 1.29 is 4.74 Å². The van der Waals surface area contributed by atoms with Gasteiger partial charge in [0.05, 0.1) is 18.8 Å². The maximum Gasteiger partial charge on any atom is 0.212 e. The number of aromatic nitrogens is 3. The number of nitrogens with two attached hydrogens (primary N) is 1. The number of methoxy groups -OCH3 is 1. The van der Waals surface area contributed by atoms with Crippen LogP contribution in [0.15, 0.2) is 30.6 Å². The number of hydrogen-bond acceptors (Lipinski definition) is 4. The Labute approximate surface area is 107 Å². The van der Waals surface area contributed by atoms with Crippen molar-refractivity contribution in [3.63, 3.8) is 0 Å². The highest BCUT2D eigenvalue weighted by Crippen LogP contribution is 2.16. The summed E-state index contributed by atoms with van der Waals surface area (Å²) in [6, 6.07) is 5.73. The minimum Gasteiger partial charge on any atom is -0.481 e. The lowest BCUT2D eigenvalue weighted by Crippen LogP contribution is -2.18. The fourth-order valence-corrected chi connectivity index (χ4v) is 1.93. The third-order valence-corrected chi connectivity index (χ3v) is 2.89. The smallest absolute Gasteiger partial charge is 0.212 e. The molecule has 5 nitrogen and oxygen atoms in total. The van der Waals surface area contributed by atoms with Gasteiger partial charge in [0.1, 0.15) is 0 Å². The Morgan fingerprint density at radius 2 is 2.22 bits per heavy atom. The summed E-state index contributed by atoms with van der Waals surface area (Å²) in [5.74, 6) is 0.617. The number of rotatable bonds is 5. The molecular weight excluding hydrogens is 228 g/mol. The van der Waals surface area contributed by atoms with E-state index in [-0.39, 0.29) is 6.04 Å². The second-order valence-corrected chi connectivity index (χ2v) is 4.09. The first-order valence-electron chi connectivity index (χ1n) is 6.00. The van der Waals surface area contributed by atoms with Gasteiger partial charge in [0, 0.05) is 25.0 Å². The van der Waals surface area contributed by atoms with Crippen LogP contribution in [-0.2, 0) is 13.0 Å². The van der Waals surface area contributed by atoms with Gasteiger partial charge in [-0.3, -0.25) is 4.68 Å². The van der Waals surface area contributed by atoms with Crippen LogP contribution >= 0.6 is 0 Å². The van der Waals surface area contributed by atoms with Crippen molar-refractivity contribution in [1.29, 1.82) is 0 Å². The summed E-state index contributed by atoms with van der Waals surface area (Å²) < 4.78 is 6.94. The fourth-order valence-electron chi connectivity index (χ4n) is 1.93. The van der Waals surface area contributed by atoms with E-state index in [9.17, 15) is 0 Å². The third kappa shape index (κ3) is 2.68. The highest BCUT2D eigenvalue weighted by atomic mass is 16.5. The van der Waals surface area contributed by atoms with E-state index in [0.29, 0.717) is 5.88 Å². The minimum absolute atomic E-state index is 0.0670. The Hall–Kier alpha value is -1.88. The first-order valence-corrected chi connectivity index (χ1v) is 6.00. The van der Waals surface area contributed by atoms with Crippen LogP contribution in [0.1, 0.15) is 24.2 Å². The number of ether oxygens (including phenoxy) is 1.